The van der Waals surface area contributed by atoms with Crippen molar-refractivity contribution in [3.05, 3.63) is 59.2 Å². The summed E-state index contributed by atoms with van der Waals surface area (Å²) in [7, 11) is 0. The molecular weight excluding hydrogens is 236 g/mol. The van der Waals surface area contributed by atoms with Crippen molar-refractivity contribution in [1.82, 2.24) is 20.0 Å². The highest BCUT2D eigenvalue weighted by Crippen LogP contribution is 2.31. The number of hydrogen-bond donors (Lipinski definition) is 0. The van der Waals surface area contributed by atoms with E-state index in [4.69, 9.17) is 0 Å². The molecule has 0 bridgehead atoms. The molecule has 4 heteroatoms. The lowest BCUT2D eigenvalue weighted by molar-refractivity contribution is 0.638. The molecule has 2 aromatic heterocycles. The average Bonchev–Trinajstić information content (AvgIpc) is 2.97. The van der Waals surface area contributed by atoms with Gasteiger partial charge >= 0.3 is 0 Å². The van der Waals surface area contributed by atoms with E-state index < -0.39 is 0 Å². The van der Waals surface area contributed by atoms with Crippen LogP contribution in [0.15, 0.2) is 47.8 Å². The molecule has 0 aliphatic heterocycles. The second-order valence-electron chi connectivity index (χ2n) is 4.95. The van der Waals surface area contributed by atoms with Gasteiger partial charge in [-0.1, -0.05) is 22.9 Å². The quantitative estimate of drug-likeness (QED) is 0.843. The number of pyridine rings is 1. The second-order valence-corrected chi connectivity index (χ2v) is 4.95. The summed E-state index contributed by atoms with van der Waals surface area (Å²) in [5.74, 6) is 0. The lowest BCUT2D eigenvalue weighted by atomic mass is 10.1. The molecule has 0 unspecified atom stereocenters. The summed E-state index contributed by atoms with van der Waals surface area (Å²) in [5.41, 5.74) is 5.92. The third kappa shape index (κ3) is 2.47. The molecule has 96 valence electrons. The van der Waals surface area contributed by atoms with Crippen LogP contribution < -0.4 is 0 Å². The standard InChI is InChI=1S/C15H16N4/c1-11-7-12(2)14(8-11)15-10-19(18-17-15)9-13-5-3-4-6-16-13/h3-7,10H,8-9H2,1-2H3. The maximum atomic E-state index is 4.30. The van der Waals surface area contributed by atoms with Gasteiger partial charge in [-0.25, -0.2) is 4.68 Å². The molecule has 2 aromatic rings. The maximum absolute atomic E-state index is 4.30. The van der Waals surface area contributed by atoms with E-state index in [1.54, 1.807) is 6.20 Å². The lowest BCUT2D eigenvalue weighted by Gasteiger charge is -2.00. The van der Waals surface area contributed by atoms with Crippen LogP contribution >= 0.6 is 0 Å². The van der Waals surface area contributed by atoms with Crippen molar-refractivity contribution >= 4 is 5.57 Å². The SMILES string of the molecule is CC1=CC(C)=C(c2cn(Cc3ccccn3)nn2)C1. The molecule has 0 spiro atoms. The molecule has 1 aliphatic rings. The zero-order chi connectivity index (χ0) is 13.2. The van der Waals surface area contributed by atoms with E-state index in [-0.39, 0.29) is 0 Å². The van der Waals surface area contributed by atoms with Crippen molar-refractivity contribution < 1.29 is 0 Å². The van der Waals surface area contributed by atoms with Gasteiger partial charge in [0.25, 0.3) is 0 Å². The van der Waals surface area contributed by atoms with Crippen molar-refractivity contribution in [3.63, 3.8) is 0 Å². The fourth-order valence-corrected chi connectivity index (χ4v) is 2.39. The minimum absolute atomic E-state index is 0.659. The average molecular weight is 252 g/mol. The molecule has 0 radical (unpaired) electrons. The number of allylic oxidation sites excluding steroid dienone is 4. The van der Waals surface area contributed by atoms with Gasteiger partial charge in [-0.2, -0.15) is 0 Å². The first-order chi connectivity index (χ1) is 9.22. The normalized spacial score (nSPS) is 14.9. The van der Waals surface area contributed by atoms with Crippen molar-refractivity contribution in [1.29, 1.82) is 0 Å². The Hall–Kier alpha value is -2.23. The summed E-state index contributed by atoms with van der Waals surface area (Å²) in [4.78, 5) is 4.30. The van der Waals surface area contributed by atoms with Crippen LogP contribution in [0.5, 0.6) is 0 Å². The van der Waals surface area contributed by atoms with Crippen molar-refractivity contribution in [2.75, 3.05) is 0 Å². The summed E-state index contributed by atoms with van der Waals surface area (Å²) in [6.45, 7) is 4.94. The smallest absolute Gasteiger partial charge is 0.109 e. The van der Waals surface area contributed by atoms with E-state index >= 15 is 0 Å². The molecule has 0 saturated heterocycles. The van der Waals surface area contributed by atoms with Gasteiger partial charge in [0.2, 0.25) is 0 Å². The molecular formula is C15H16N4. The minimum atomic E-state index is 0.659. The van der Waals surface area contributed by atoms with Gasteiger partial charge in [0.1, 0.15) is 5.69 Å². The Balaban J connectivity index is 1.80. The van der Waals surface area contributed by atoms with Crippen LogP contribution in [-0.2, 0) is 6.54 Å². The highest BCUT2D eigenvalue weighted by atomic mass is 15.4. The Labute approximate surface area is 112 Å². The largest absolute Gasteiger partial charge is 0.259 e. The number of nitrogens with zero attached hydrogens (tertiary/aromatic N) is 4. The molecule has 0 aromatic carbocycles. The van der Waals surface area contributed by atoms with Gasteiger partial charge < -0.3 is 0 Å². The van der Waals surface area contributed by atoms with Crippen molar-refractivity contribution in [3.8, 4) is 0 Å². The van der Waals surface area contributed by atoms with E-state index in [2.05, 4.69) is 35.2 Å². The first-order valence-corrected chi connectivity index (χ1v) is 6.40. The van der Waals surface area contributed by atoms with E-state index in [9.17, 15) is 0 Å². The summed E-state index contributed by atoms with van der Waals surface area (Å²) >= 11 is 0. The molecule has 19 heavy (non-hydrogen) atoms. The number of hydrogen-bond acceptors (Lipinski definition) is 3. The van der Waals surface area contributed by atoms with Crippen LogP contribution in [0.4, 0.5) is 0 Å². The first-order valence-electron chi connectivity index (χ1n) is 6.40. The fourth-order valence-electron chi connectivity index (χ4n) is 2.39. The van der Waals surface area contributed by atoms with Crippen molar-refractivity contribution in [2.45, 2.75) is 26.8 Å². The number of aromatic nitrogens is 4. The minimum Gasteiger partial charge on any atom is -0.259 e. The van der Waals surface area contributed by atoms with Crippen LogP contribution in [0.2, 0.25) is 0 Å². The van der Waals surface area contributed by atoms with Crippen LogP contribution in [-0.4, -0.2) is 20.0 Å². The van der Waals surface area contributed by atoms with Gasteiger partial charge in [-0.3, -0.25) is 4.98 Å². The Bertz CT molecular complexity index is 650. The molecule has 0 amide bonds. The molecule has 0 fully saturated rings. The van der Waals surface area contributed by atoms with Gasteiger partial charge in [-0.05, 0) is 43.5 Å². The molecule has 1 aliphatic carbocycles. The summed E-state index contributed by atoms with van der Waals surface area (Å²) in [6.07, 6.45) is 6.99. The Morgan fingerprint density at radius 1 is 1.26 bits per heavy atom. The van der Waals surface area contributed by atoms with Crippen LogP contribution in [0, 0.1) is 0 Å². The van der Waals surface area contributed by atoms with Crippen LogP contribution in [0.25, 0.3) is 5.57 Å². The molecule has 0 atom stereocenters. The predicted molar refractivity (Wildman–Crippen MR) is 74.3 cm³/mol. The van der Waals surface area contributed by atoms with Gasteiger partial charge in [0.15, 0.2) is 0 Å². The van der Waals surface area contributed by atoms with E-state index in [0.29, 0.717) is 6.54 Å². The lowest BCUT2D eigenvalue weighted by Crippen LogP contribution is -2.01. The predicted octanol–water partition coefficient (Wildman–Crippen LogP) is 2.84. The summed E-state index contributed by atoms with van der Waals surface area (Å²) in [6, 6.07) is 5.89. The zero-order valence-corrected chi connectivity index (χ0v) is 11.2. The monoisotopic (exact) mass is 252 g/mol. The molecule has 4 nitrogen and oxygen atoms in total. The molecule has 0 saturated carbocycles. The van der Waals surface area contributed by atoms with Crippen LogP contribution in [0.1, 0.15) is 31.7 Å². The molecule has 0 N–H and O–H groups in total. The van der Waals surface area contributed by atoms with E-state index in [1.165, 1.54) is 16.7 Å². The Morgan fingerprint density at radius 2 is 2.16 bits per heavy atom. The highest BCUT2D eigenvalue weighted by Gasteiger charge is 2.15. The zero-order valence-electron chi connectivity index (χ0n) is 11.2. The summed E-state index contributed by atoms with van der Waals surface area (Å²) < 4.78 is 1.84. The Morgan fingerprint density at radius 3 is 2.84 bits per heavy atom. The topological polar surface area (TPSA) is 43.6 Å². The third-order valence-electron chi connectivity index (χ3n) is 3.29. The van der Waals surface area contributed by atoms with Gasteiger partial charge in [-0.15, -0.1) is 5.10 Å². The maximum Gasteiger partial charge on any atom is 0.109 e. The van der Waals surface area contributed by atoms with E-state index in [1.807, 2.05) is 29.1 Å². The first kappa shape index (κ1) is 11.8. The van der Waals surface area contributed by atoms with Crippen molar-refractivity contribution in [2.24, 2.45) is 0 Å². The second kappa shape index (κ2) is 4.80. The number of rotatable bonds is 3. The molecule has 3 rings (SSSR count). The Kier molecular flexibility index (Phi) is 2.99. The molecule has 2 heterocycles. The van der Waals surface area contributed by atoms with Gasteiger partial charge in [0.05, 0.1) is 18.4 Å². The van der Waals surface area contributed by atoms with Gasteiger partial charge in [0, 0.05) is 6.20 Å². The summed E-state index contributed by atoms with van der Waals surface area (Å²) in [5, 5.41) is 8.46. The highest BCUT2D eigenvalue weighted by molar-refractivity contribution is 5.73. The third-order valence-corrected chi connectivity index (χ3v) is 3.29. The van der Waals surface area contributed by atoms with Crippen LogP contribution in [0.3, 0.4) is 0 Å². The van der Waals surface area contributed by atoms with E-state index in [0.717, 1.165) is 17.8 Å². The fraction of sp³-hybridized carbons (Fsp3) is 0.267.